The molecule has 0 bridgehead atoms. The van der Waals surface area contributed by atoms with Crippen LogP contribution in [0.4, 0.5) is 0 Å². The van der Waals surface area contributed by atoms with Gasteiger partial charge in [-0.1, -0.05) is 41.5 Å². The van der Waals surface area contributed by atoms with E-state index >= 15 is 0 Å². The van der Waals surface area contributed by atoms with Gasteiger partial charge in [-0.25, -0.2) is 0 Å². The fourth-order valence-corrected chi connectivity index (χ4v) is 2.57. The van der Waals surface area contributed by atoms with Crippen molar-refractivity contribution in [3.8, 4) is 0 Å². The van der Waals surface area contributed by atoms with E-state index in [1.807, 2.05) is 0 Å². The summed E-state index contributed by atoms with van der Waals surface area (Å²) < 4.78 is 5.20. The Hall–Kier alpha value is -0.530. The molecule has 2 heteroatoms. The van der Waals surface area contributed by atoms with E-state index in [9.17, 15) is 4.79 Å². The summed E-state index contributed by atoms with van der Waals surface area (Å²) in [6.07, 6.45) is 1.77. The second-order valence-electron chi connectivity index (χ2n) is 6.96. The van der Waals surface area contributed by atoms with Gasteiger partial charge in [-0.05, 0) is 23.7 Å². The smallest absolute Gasteiger partial charge is 0.312 e. The molecule has 1 saturated heterocycles. The first kappa shape index (κ1) is 12.5. The predicted octanol–water partition coefficient (Wildman–Crippen LogP) is 3.40. The Morgan fingerprint density at radius 2 is 1.73 bits per heavy atom. The van der Waals surface area contributed by atoms with Crippen LogP contribution in [-0.2, 0) is 9.53 Å². The van der Waals surface area contributed by atoms with Gasteiger partial charge in [0.05, 0.1) is 12.0 Å². The largest absolute Gasteiger partial charge is 0.465 e. The summed E-state index contributed by atoms with van der Waals surface area (Å²) in [5.74, 6) is 0.00456. The number of rotatable bonds is 1. The lowest BCUT2D eigenvalue weighted by Crippen LogP contribution is -2.42. The fourth-order valence-electron chi connectivity index (χ4n) is 2.57. The lowest BCUT2D eigenvalue weighted by Gasteiger charge is -2.42. The zero-order valence-corrected chi connectivity index (χ0v) is 10.9. The van der Waals surface area contributed by atoms with Crippen molar-refractivity contribution in [2.24, 2.45) is 16.2 Å². The highest BCUT2D eigenvalue weighted by Crippen LogP contribution is 2.52. The molecule has 15 heavy (non-hydrogen) atoms. The summed E-state index contributed by atoms with van der Waals surface area (Å²) in [5.41, 5.74) is -0.143. The lowest BCUT2D eigenvalue weighted by molar-refractivity contribution is -0.153. The van der Waals surface area contributed by atoms with Crippen LogP contribution in [0, 0.1) is 16.2 Å². The molecule has 1 aliphatic heterocycles. The number of carbonyl (C=O) groups is 1. The first-order valence-corrected chi connectivity index (χ1v) is 5.76. The maximum absolute atomic E-state index is 12.0. The number of carbonyl (C=O) groups excluding carboxylic acids is 1. The minimum atomic E-state index is -0.286. The molecular weight excluding hydrogens is 188 g/mol. The van der Waals surface area contributed by atoms with Gasteiger partial charge in [0.2, 0.25) is 0 Å². The Morgan fingerprint density at radius 3 is 2.00 bits per heavy atom. The number of esters is 1. The molecular formula is C13H24O2. The highest BCUT2D eigenvalue weighted by molar-refractivity contribution is 5.79. The molecule has 0 aromatic carbocycles. The fraction of sp³-hybridized carbons (Fsp3) is 0.923. The zero-order chi connectivity index (χ0) is 11.9. The average Bonchev–Trinajstić information content (AvgIpc) is 2.28. The summed E-state index contributed by atoms with van der Waals surface area (Å²) in [6.45, 7) is 13.6. The molecule has 1 aliphatic rings. The Labute approximate surface area is 93.4 Å². The van der Waals surface area contributed by atoms with Crippen molar-refractivity contribution in [1.29, 1.82) is 0 Å². The molecule has 1 rings (SSSR count). The van der Waals surface area contributed by atoms with Crippen LogP contribution in [0.2, 0.25) is 0 Å². The van der Waals surface area contributed by atoms with Crippen molar-refractivity contribution in [3.63, 3.8) is 0 Å². The molecule has 88 valence electrons. The third-order valence-corrected chi connectivity index (χ3v) is 3.42. The lowest BCUT2D eigenvalue weighted by atomic mass is 9.59. The Kier molecular flexibility index (Phi) is 2.92. The highest BCUT2D eigenvalue weighted by atomic mass is 16.5. The van der Waals surface area contributed by atoms with E-state index in [2.05, 4.69) is 41.5 Å². The first-order chi connectivity index (χ1) is 6.58. The number of hydrogen-bond donors (Lipinski definition) is 0. The van der Waals surface area contributed by atoms with Crippen LogP contribution in [0.15, 0.2) is 0 Å². The van der Waals surface area contributed by atoms with E-state index < -0.39 is 0 Å². The molecule has 0 N–H and O–H groups in total. The van der Waals surface area contributed by atoms with Gasteiger partial charge in [-0.2, -0.15) is 0 Å². The van der Waals surface area contributed by atoms with E-state index in [1.165, 1.54) is 0 Å². The van der Waals surface area contributed by atoms with Crippen LogP contribution in [0.3, 0.4) is 0 Å². The average molecular weight is 212 g/mol. The van der Waals surface area contributed by atoms with Gasteiger partial charge in [0, 0.05) is 0 Å². The number of ether oxygens (including phenoxy) is 1. The predicted molar refractivity (Wildman–Crippen MR) is 61.5 cm³/mol. The van der Waals surface area contributed by atoms with Crippen LogP contribution >= 0.6 is 0 Å². The normalized spacial score (nSPS) is 28.0. The molecule has 0 aromatic heterocycles. The standard InChI is InChI=1S/C13H24O2/c1-11(2,3)9-13(12(4,5)6)7-8-15-10(13)14/h7-9H2,1-6H3. The summed E-state index contributed by atoms with van der Waals surface area (Å²) in [5, 5.41) is 0. The SMILES string of the molecule is CC(C)(C)CC1(C(C)(C)C)CCOC1=O. The molecule has 0 spiro atoms. The summed E-state index contributed by atoms with van der Waals surface area (Å²) >= 11 is 0. The van der Waals surface area contributed by atoms with Crippen LogP contribution in [0.5, 0.6) is 0 Å². The molecule has 0 aliphatic carbocycles. The molecule has 2 nitrogen and oxygen atoms in total. The van der Waals surface area contributed by atoms with Gasteiger partial charge >= 0.3 is 5.97 Å². The topological polar surface area (TPSA) is 26.3 Å². The quantitative estimate of drug-likeness (QED) is 0.623. The summed E-state index contributed by atoms with van der Waals surface area (Å²) in [7, 11) is 0. The zero-order valence-electron chi connectivity index (χ0n) is 10.9. The third kappa shape index (κ3) is 2.35. The van der Waals surface area contributed by atoms with Crippen LogP contribution in [0.1, 0.15) is 54.4 Å². The van der Waals surface area contributed by atoms with Gasteiger partial charge in [-0.15, -0.1) is 0 Å². The van der Waals surface area contributed by atoms with Gasteiger partial charge in [0.1, 0.15) is 0 Å². The summed E-state index contributed by atoms with van der Waals surface area (Å²) in [4.78, 5) is 12.0. The Balaban J connectivity index is 3.03. The monoisotopic (exact) mass is 212 g/mol. The molecule has 1 atom stereocenters. The van der Waals surface area contributed by atoms with Gasteiger partial charge in [0.25, 0.3) is 0 Å². The maximum Gasteiger partial charge on any atom is 0.312 e. The molecule has 0 aromatic rings. The van der Waals surface area contributed by atoms with Crippen molar-refractivity contribution >= 4 is 5.97 Å². The van der Waals surface area contributed by atoms with E-state index in [0.29, 0.717) is 6.61 Å². The van der Waals surface area contributed by atoms with E-state index in [0.717, 1.165) is 12.8 Å². The van der Waals surface area contributed by atoms with E-state index in [4.69, 9.17) is 4.74 Å². The minimum absolute atomic E-state index is 0.00456. The second-order valence-corrected chi connectivity index (χ2v) is 6.96. The molecule has 1 fully saturated rings. The van der Waals surface area contributed by atoms with Crippen molar-refractivity contribution < 1.29 is 9.53 Å². The first-order valence-electron chi connectivity index (χ1n) is 5.76. The molecule has 0 amide bonds. The maximum atomic E-state index is 12.0. The van der Waals surface area contributed by atoms with Crippen molar-refractivity contribution in [3.05, 3.63) is 0 Å². The number of hydrogen-bond acceptors (Lipinski definition) is 2. The van der Waals surface area contributed by atoms with Gasteiger partial charge < -0.3 is 4.74 Å². The van der Waals surface area contributed by atoms with Crippen LogP contribution < -0.4 is 0 Å². The Morgan fingerprint density at radius 1 is 1.20 bits per heavy atom. The van der Waals surface area contributed by atoms with Crippen molar-refractivity contribution in [2.45, 2.75) is 54.4 Å². The number of cyclic esters (lactones) is 1. The molecule has 0 radical (unpaired) electrons. The highest BCUT2D eigenvalue weighted by Gasteiger charge is 2.54. The minimum Gasteiger partial charge on any atom is -0.465 e. The summed E-state index contributed by atoms with van der Waals surface area (Å²) in [6, 6.07) is 0. The molecule has 1 heterocycles. The van der Waals surface area contributed by atoms with Crippen molar-refractivity contribution in [1.82, 2.24) is 0 Å². The van der Waals surface area contributed by atoms with Crippen molar-refractivity contribution in [2.75, 3.05) is 6.61 Å². The van der Waals surface area contributed by atoms with E-state index in [1.54, 1.807) is 0 Å². The second kappa shape index (κ2) is 3.50. The van der Waals surface area contributed by atoms with E-state index in [-0.39, 0.29) is 22.2 Å². The molecule has 0 saturated carbocycles. The van der Waals surface area contributed by atoms with Crippen LogP contribution in [-0.4, -0.2) is 12.6 Å². The molecule has 1 unspecified atom stereocenters. The Bertz CT molecular complexity index is 255. The van der Waals surface area contributed by atoms with Crippen LogP contribution in [0.25, 0.3) is 0 Å². The van der Waals surface area contributed by atoms with Gasteiger partial charge in [0.15, 0.2) is 0 Å². The van der Waals surface area contributed by atoms with Gasteiger partial charge in [-0.3, -0.25) is 4.79 Å². The third-order valence-electron chi connectivity index (χ3n) is 3.42.